The van der Waals surface area contributed by atoms with Crippen LogP contribution in [0.5, 0.6) is 0 Å². The molecule has 0 aromatic heterocycles. The number of para-hydroxylation sites is 1. The van der Waals surface area contributed by atoms with E-state index in [1.807, 2.05) is 18.2 Å². The average Bonchev–Trinajstić information content (AvgIpc) is 2.00. The molecule has 1 aromatic rings. The lowest BCUT2D eigenvalue weighted by atomic mass is 9.93. The third kappa shape index (κ3) is 2.00. The summed E-state index contributed by atoms with van der Waals surface area (Å²) >= 11 is 9.54. The second-order valence-electron chi connectivity index (χ2n) is 3.37. The van der Waals surface area contributed by atoms with E-state index in [2.05, 4.69) is 21.2 Å². The zero-order valence-corrected chi connectivity index (χ0v) is 9.53. The predicted octanol–water partition coefficient (Wildman–Crippen LogP) is 4.07. The molecule has 0 spiro atoms. The minimum atomic E-state index is 0.621. The number of anilines is 1. The molecule has 1 nitrogen and oxygen atoms in total. The van der Waals surface area contributed by atoms with Crippen molar-refractivity contribution in [2.45, 2.75) is 25.3 Å². The zero-order valence-electron chi connectivity index (χ0n) is 7.19. The maximum absolute atomic E-state index is 6.06. The van der Waals surface area contributed by atoms with Crippen molar-refractivity contribution in [2.24, 2.45) is 0 Å². The van der Waals surface area contributed by atoms with Gasteiger partial charge in [-0.05, 0) is 47.3 Å². The van der Waals surface area contributed by atoms with E-state index in [4.69, 9.17) is 11.6 Å². The van der Waals surface area contributed by atoms with Crippen LogP contribution in [-0.4, -0.2) is 6.04 Å². The lowest BCUT2D eigenvalue weighted by Crippen LogP contribution is -2.27. The third-order valence-corrected chi connectivity index (χ3v) is 3.39. The minimum absolute atomic E-state index is 0.621. The fourth-order valence-corrected chi connectivity index (χ4v) is 2.22. The zero-order chi connectivity index (χ0) is 9.26. The Hall–Kier alpha value is -0.210. The summed E-state index contributed by atoms with van der Waals surface area (Å²) in [7, 11) is 0. The summed E-state index contributed by atoms with van der Waals surface area (Å²) in [5.74, 6) is 0. The van der Waals surface area contributed by atoms with E-state index in [0.717, 1.165) is 15.2 Å². The first-order valence-corrected chi connectivity index (χ1v) is 5.65. The maximum atomic E-state index is 6.06. The highest BCUT2D eigenvalue weighted by Crippen LogP contribution is 2.33. The Bertz CT molecular complexity index is 290. The van der Waals surface area contributed by atoms with Crippen molar-refractivity contribution in [1.29, 1.82) is 0 Å². The predicted molar refractivity (Wildman–Crippen MR) is 60.4 cm³/mol. The molecule has 1 N–H and O–H groups in total. The minimum Gasteiger partial charge on any atom is -0.380 e. The van der Waals surface area contributed by atoms with E-state index < -0.39 is 0 Å². The van der Waals surface area contributed by atoms with E-state index in [9.17, 15) is 0 Å². The monoisotopic (exact) mass is 259 g/mol. The number of hydrogen-bond acceptors (Lipinski definition) is 1. The van der Waals surface area contributed by atoms with E-state index in [1.165, 1.54) is 19.3 Å². The maximum Gasteiger partial charge on any atom is 0.0676 e. The van der Waals surface area contributed by atoms with Gasteiger partial charge in [0.1, 0.15) is 0 Å². The smallest absolute Gasteiger partial charge is 0.0676 e. The molecule has 13 heavy (non-hydrogen) atoms. The molecule has 1 aromatic carbocycles. The fraction of sp³-hybridized carbons (Fsp3) is 0.400. The Labute approximate surface area is 91.6 Å². The molecular weight excluding hydrogens is 249 g/mol. The van der Waals surface area contributed by atoms with Crippen molar-refractivity contribution in [3.63, 3.8) is 0 Å². The van der Waals surface area contributed by atoms with Crippen LogP contribution in [0, 0.1) is 0 Å². The van der Waals surface area contributed by atoms with Crippen LogP contribution in [-0.2, 0) is 0 Å². The van der Waals surface area contributed by atoms with Gasteiger partial charge in [-0.15, -0.1) is 0 Å². The molecule has 3 heteroatoms. The molecular formula is C10H11BrClN. The van der Waals surface area contributed by atoms with E-state index in [-0.39, 0.29) is 0 Å². The van der Waals surface area contributed by atoms with Gasteiger partial charge < -0.3 is 5.32 Å². The summed E-state index contributed by atoms with van der Waals surface area (Å²) < 4.78 is 1.05. The van der Waals surface area contributed by atoms with Gasteiger partial charge in [0.25, 0.3) is 0 Å². The molecule has 0 atom stereocenters. The highest BCUT2D eigenvalue weighted by Gasteiger charge is 2.18. The van der Waals surface area contributed by atoms with Gasteiger partial charge in [0.15, 0.2) is 0 Å². The van der Waals surface area contributed by atoms with Crippen LogP contribution in [0.15, 0.2) is 22.7 Å². The molecule has 0 saturated heterocycles. The number of rotatable bonds is 2. The summed E-state index contributed by atoms with van der Waals surface area (Å²) in [5, 5.41) is 4.23. The molecule has 1 saturated carbocycles. The van der Waals surface area contributed by atoms with Crippen molar-refractivity contribution in [1.82, 2.24) is 0 Å². The number of benzene rings is 1. The first-order chi connectivity index (χ1) is 6.27. The van der Waals surface area contributed by atoms with Crippen LogP contribution in [0.3, 0.4) is 0 Å². The van der Waals surface area contributed by atoms with Crippen molar-refractivity contribution >= 4 is 33.2 Å². The van der Waals surface area contributed by atoms with Gasteiger partial charge in [-0.25, -0.2) is 0 Å². The van der Waals surface area contributed by atoms with Crippen molar-refractivity contribution in [2.75, 3.05) is 5.32 Å². The average molecular weight is 261 g/mol. The summed E-state index contributed by atoms with van der Waals surface area (Å²) in [6, 6.07) is 6.48. The third-order valence-electron chi connectivity index (χ3n) is 2.42. The summed E-state index contributed by atoms with van der Waals surface area (Å²) in [5.41, 5.74) is 1.04. The molecule has 0 aliphatic heterocycles. The van der Waals surface area contributed by atoms with Crippen molar-refractivity contribution in [3.8, 4) is 0 Å². The van der Waals surface area contributed by atoms with E-state index >= 15 is 0 Å². The van der Waals surface area contributed by atoms with Crippen molar-refractivity contribution in [3.05, 3.63) is 27.7 Å². The van der Waals surface area contributed by atoms with Gasteiger partial charge >= 0.3 is 0 Å². The van der Waals surface area contributed by atoms with Crippen LogP contribution in [0.2, 0.25) is 5.02 Å². The fourth-order valence-electron chi connectivity index (χ4n) is 1.39. The van der Waals surface area contributed by atoms with Crippen LogP contribution < -0.4 is 5.32 Å². The Morgan fingerprint density at radius 1 is 1.38 bits per heavy atom. The van der Waals surface area contributed by atoms with Crippen LogP contribution in [0.25, 0.3) is 0 Å². The Morgan fingerprint density at radius 2 is 2.15 bits per heavy atom. The lowest BCUT2D eigenvalue weighted by Gasteiger charge is -2.28. The van der Waals surface area contributed by atoms with Gasteiger partial charge in [-0.2, -0.15) is 0 Å². The molecule has 70 valence electrons. The Balaban J connectivity index is 2.17. The summed E-state index contributed by atoms with van der Waals surface area (Å²) in [6.45, 7) is 0. The van der Waals surface area contributed by atoms with E-state index in [0.29, 0.717) is 6.04 Å². The number of nitrogens with one attached hydrogen (secondary N) is 1. The molecule has 1 aliphatic carbocycles. The molecule has 0 bridgehead atoms. The largest absolute Gasteiger partial charge is 0.380 e. The highest BCUT2D eigenvalue weighted by molar-refractivity contribution is 9.10. The quantitative estimate of drug-likeness (QED) is 0.845. The Morgan fingerprint density at radius 3 is 2.69 bits per heavy atom. The van der Waals surface area contributed by atoms with Gasteiger partial charge in [0, 0.05) is 10.5 Å². The first-order valence-electron chi connectivity index (χ1n) is 4.48. The molecule has 1 aliphatic rings. The van der Waals surface area contributed by atoms with Gasteiger partial charge in [-0.3, -0.25) is 0 Å². The standard InChI is InChI=1S/C10H11BrClN/c11-8-5-2-6-9(12)10(8)13-7-3-1-4-7/h2,5-7,13H,1,3-4H2. The lowest BCUT2D eigenvalue weighted by molar-refractivity contribution is 0.445. The van der Waals surface area contributed by atoms with Crippen LogP contribution in [0.4, 0.5) is 5.69 Å². The number of hydrogen-bond donors (Lipinski definition) is 1. The SMILES string of the molecule is Clc1cccc(Br)c1NC1CCC1. The van der Waals surface area contributed by atoms with E-state index in [1.54, 1.807) is 0 Å². The van der Waals surface area contributed by atoms with Crippen LogP contribution >= 0.6 is 27.5 Å². The van der Waals surface area contributed by atoms with Gasteiger partial charge in [0.05, 0.1) is 10.7 Å². The van der Waals surface area contributed by atoms with Gasteiger partial charge in [0.2, 0.25) is 0 Å². The van der Waals surface area contributed by atoms with Crippen molar-refractivity contribution < 1.29 is 0 Å². The molecule has 0 heterocycles. The number of halogens is 2. The summed E-state index contributed by atoms with van der Waals surface area (Å²) in [6.07, 6.45) is 3.86. The molecule has 0 amide bonds. The molecule has 0 unspecified atom stereocenters. The second kappa shape index (κ2) is 3.89. The topological polar surface area (TPSA) is 12.0 Å². The molecule has 1 fully saturated rings. The van der Waals surface area contributed by atoms with Crippen LogP contribution in [0.1, 0.15) is 19.3 Å². The highest BCUT2D eigenvalue weighted by atomic mass is 79.9. The second-order valence-corrected chi connectivity index (χ2v) is 4.63. The first kappa shape index (κ1) is 9.35. The molecule has 2 rings (SSSR count). The molecule has 0 radical (unpaired) electrons. The Kier molecular flexibility index (Phi) is 2.80. The summed E-state index contributed by atoms with van der Waals surface area (Å²) in [4.78, 5) is 0. The van der Waals surface area contributed by atoms with Gasteiger partial charge in [-0.1, -0.05) is 17.7 Å². The normalized spacial score (nSPS) is 16.8.